The molecule has 0 fully saturated rings. The van der Waals surface area contributed by atoms with Crippen molar-refractivity contribution in [1.82, 2.24) is 14.4 Å². The third-order valence-electron chi connectivity index (χ3n) is 4.81. The van der Waals surface area contributed by atoms with E-state index in [1.54, 1.807) is 40.8 Å². The van der Waals surface area contributed by atoms with E-state index in [-0.39, 0.29) is 11.7 Å². The number of carbonyl (C=O) groups excluding carboxylic acids is 1. The largest absolute Gasteiger partial charge is 0.302 e. The SMILES string of the molecule is Cc1cnccc1C(=O)N(Cc1c(C)nc2sccn12)c1ccc(F)cc1C. The fourth-order valence-corrected chi connectivity index (χ4v) is 4.11. The second-order valence-corrected chi connectivity index (χ2v) is 7.59. The van der Waals surface area contributed by atoms with Gasteiger partial charge in [0.05, 0.1) is 17.9 Å². The van der Waals surface area contributed by atoms with Crippen LogP contribution in [0.25, 0.3) is 4.96 Å². The molecule has 0 unspecified atom stereocenters. The Balaban J connectivity index is 1.84. The van der Waals surface area contributed by atoms with Gasteiger partial charge in [0.25, 0.3) is 5.91 Å². The number of rotatable bonds is 4. The van der Waals surface area contributed by atoms with E-state index in [2.05, 4.69) is 9.97 Å². The molecule has 0 saturated carbocycles. The molecule has 142 valence electrons. The van der Waals surface area contributed by atoms with E-state index >= 15 is 0 Å². The Labute approximate surface area is 166 Å². The van der Waals surface area contributed by atoms with Crippen LogP contribution < -0.4 is 4.90 Å². The number of amides is 1. The molecule has 0 atom stereocenters. The summed E-state index contributed by atoms with van der Waals surface area (Å²) < 4.78 is 15.7. The number of thiazole rings is 1. The van der Waals surface area contributed by atoms with E-state index in [0.717, 1.165) is 21.9 Å². The van der Waals surface area contributed by atoms with Crippen molar-refractivity contribution in [2.75, 3.05) is 4.90 Å². The van der Waals surface area contributed by atoms with Crippen molar-refractivity contribution in [2.45, 2.75) is 27.3 Å². The first-order valence-electron chi connectivity index (χ1n) is 8.85. The average Bonchev–Trinajstić information content (AvgIpc) is 3.22. The van der Waals surface area contributed by atoms with Gasteiger partial charge in [0.1, 0.15) is 5.82 Å². The second kappa shape index (κ2) is 7.16. The van der Waals surface area contributed by atoms with Crippen molar-refractivity contribution < 1.29 is 9.18 Å². The lowest BCUT2D eigenvalue weighted by atomic mass is 10.1. The summed E-state index contributed by atoms with van der Waals surface area (Å²) in [7, 11) is 0. The predicted molar refractivity (Wildman–Crippen MR) is 108 cm³/mol. The van der Waals surface area contributed by atoms with Gasteiger partial charge in [-0.3, -0.25) is 14.2 Å². The molecule has 0 N–H and O–H groups in total. The Hall–Kier alpha value is -3.06. The van der Waals surface area contributed by atoms with Crippen LogP contribution in [0.1, 0.15) is 32.9 Å². The van der Waals surface area contributed by atoms with Gasteiger partial charge >= 0.3 is 0 Å². The molecule has 0 aliphatic rings. The normalized spacial score (nSPS) is 11.1. The first kappa shape index (κ1) is 18.3. The Morgan fingerprint density at radius 2 is 2.04 bits per heavy atom. The van der Waals surface area contributed by atoms with E-state index in [1.165, 1.54) is 12.1 Å². The van der Waals surface area contributed by atoms with Crippen molar-refractivity contribution in [3.8, 4) is 0 Å². The molecule has 0 radical (unpaired) electrons. The molecule has 0 aliphatic carbocycles. The highest BCUT2D eigenvalue weighted by atomic mass is 32.1. The fraction of sp³-hybridized carbons (Fsp3) is 0.190. The minimum atomic E-state index is -0.325. The molecule has 28 heavy (non-hydrogen) atoms. The third kappa shape index (κ3) is 3.18. The number of aryl methyl sites for hydroxylation is 3. The maximum absolute atomic E-state index is 13.7. The van der Waals surface area contributed by atoms with Crippen LogP contribution in [-0.4, -0.2) is 20.3 Å². The lowest BCUT2D eigenvalue weighted by Crippen LogP contribution is -2.32. The monoisotopic (exact) mass is 394 g/mol. The maximum Gasteiger partial charge on any atom is 0.259 e. The van der Waals surface area contributed by atoms with E-state index in [9.17, 15) is 9.18 Å². The van der Waals surface area contributed by atoms with Crippen molar-refractivity contribution in [1.29, 1.82) is 0 Å². The molecule has 3 heterocycles. The topological polar surface area (TPSA) is 50.5 Å². The van der Waals surface area contributed by atoms with Crippen LogP contribution in [0.2, 0.25) is 0 Å². The third-order valence-corrected chi connectivity index (χ3v) is 5.57. The van der Waals surface area contributed by atoms with E-state index < -0.39 is 0 Å². The van der Waals surface area contributed by atoms with E-state index in [4.69, 9.17) is 0 Å². The number of fused-ring (bicyclic) bond motifs is 1. The molecule has 1 amide bonds. The number of imidazole rings is 1. The lowest BCUT2D eigenvalue weighted by Gasteiger charge is -2.25. The van der Waals surface area contributed by atoms with Gasteiger partial charge in [0, 0.05) is 35.2 Å². The fourth-order valence-electron chi connectivity index (χ4n) is 3.33. The number of nitrogens with zero attached hydrogens (tertiary/aromatic N) is 4. The molecule has 4 rings (SSSR count). The van der Waals surface area contributed by atoms with Crippen molar-refractivity contribution >= 4 is 27.9 Å². The number of benzene rings is 1. The summed E-state index contributed by atoms with van der Waals surface area (Å²) in [4.78, 5) is 24.7. The van der Waals surface area contributed by atoms with Gasteiger partial charge < -0.3 is 4.90 Å². The van der Waals surface area contributed by atoms with Gasteiger partial charge in [-0.25, -0.2) is 9.37 Å². The first-order chi connectivity index (χ1) is 13.5. The van der Waals surface area contributed by atoms with Crippen molar-refractivity contribution in [2.24, 2.45) is 0 Å². The molecule has 5 nitrogen and oxygen atoms in total. The van der Waals surface area contributed by atoms with Crippen molar-refractivity contribution in [3.05, 3.63) is 82.1 Å². The molecule has 0 spiro atoms. The smallest absolute Gasteiger partial charge is 0.259 e. The van der Waals surface area contributed by atoms with Crippen LogP contribution in [0.3, 0.4) is 0 Å². The lowest BCUT2D eigenvalue weighted by molar-refractivity contribution is 0.0984. The Kier molecular flexibility index (Phi) is 4.68. The number of hydrogen-bond acceptors (Lipinski definition) is 4. The molecule has 7 heteroatoms. The van der Waals surface area contributed by atoms with Gasteiger partial charge in [-0.2, -0.15) is 0 Å². The second-order valence-electron chi connectivity index (χ2n) is 6.71. The molecule has 0 saturated heterocycles. The number of halogens is 1. The Morgan fingerprint density at radius 3 is 2.79 bits per heavy atom. The molecule has 4 aromatic rings. The zero-order valence-corrected chi connectivity index (χ0v) is 16.6. The van der Waals surface area contributed by atoms with Crippen LogP contribution in [-0.2, 0) is 6.54 Å². The predicted octanol–water partition coefficient (Wildman–Crippen LogP) is 4.70. The Morgan fingerprint density at radius 1 is 1.21 bits per heavy atom. The van der Waals surface area contributed by atoms with Crippen molar-refractivity contribution in [3.63, 3.8) is 0 Å². The zero-order chi connectivity index (χ0) is 19.8. The molecule has 3 aromatic heterocycles. The number of hydrogen-bond donors (Lipinski definition) is 0. The van der Waals surface area contributed by atoms with Gasteiger partial charge in [0.2, 0.25) is 0 Å². The summed E-state index contributed by atoms with van der Waals surface area (Å²) in [6.45, 7) is 5.93. The molecule has 1 aromatic carbocycles. The molecular weight excluding hydrogens is 375 g/mol. The summed E-state index contributed by atoms with van der Waals surface area (Å²) in [5.74, 6) is -0.478. The molecular formula is C21H19FN4OS. The van der Waals surface area contributed by atoms with Gasteiger partial charge in [0.15, 0.2) is 4.96 Å². The maximum atomic E-state index is 13.7. The number of aromatic nitrogens is 3. The molecule has 0 bridgehead atoms. The van der Waals surface area contributed by atoms with Gasteiger partial charge in [-0.15, -0.1) is 11.3 Å². The number of anilines is 1. The van der Waals surface area contributed by atoms with Crippen LogP contribution in [0.4, 0.5) is 10.1 Å². The first-order valence-corrected chi connectivity index (χ1v) is 9.73. The summed E-state index contributed by atoms with van der Waals surface area (Å²) in [6, 6.07) is 6.19. The quantitative estimate of drug-likeness (QED) is 0.504. The Bertz CT molecular complexity index is 1180. The van der Waals surface area contributed by atoms with Crippen LogP contribution >= 0.6 is 11.3 Å². The molecule has 0 aliphatic heterocycles. The van der Waals surface area contributed by atoms with E-state index in [1.807, 2.05) is 36.7 Å². The standard InChI is InChI=1S/C21H19FN4OS/c1-13-10-16(22)4-5-18(13)26(20(27)17-6-7-23-11-14(17)2)12-19-15(3)24-21-25(19)8-9-28-21/h4-11H,12H2,1-3H3. The van der Waals surface area contributed by atoms with Gasteiger partial charge in [-0.05, 0) is 56.2 Å². The van der Waals surface area contributed by atoms with Crippen LogP contribution in [0.5, 0.6) is 0 Å². The summed E-state index contributed by atoms with van der Waals surface area (Å²) in [6.07, 6.45) is 5.23. The number of carbonyl (C=O) groups is 1. The van der Waals surface area contributed by atoms with E-state index in [0.29, 0.717) is 23.4 Å². The van der Waals surface area contributed by atoms with Crippen LogP contribution in [0.15, 0.2) is 48.2 Å². The summed E-state index contributed by atoms with van der Waals surface area (Å²) in [5, 5.41) is 1.97. The van der Waals surface area contributed by atoms with Crippen LogP contribution in [0, 0.1) is 26.6 Å². The minimum Gasteiger partial charge on any atom is -0.302 e. The highest BCUT2D eigenvalue weighted by molar-refractivity contribution is 7.15. The summed E-state index contributed by atoms with van der Waals surface area (Å²) in [5.41, 5.74) is 4.54. The number of pyridine rings is 1. The average molecular weight is 394 g/mol. The summed E-state index contributed by atoms with van der Waals surface area (Å²) >= 11 is 1.55. The zero-order valence-electron chi connectivity index (χ0n) is 15.8. The highest BCUT2D eigenvalue weighted by Gasteiger charge is 2.24. The van der Waals surface area contributed by atoms with Gasteiger partial charge in [-0.1, -0.05) is 0 Å². The minimum absolute atomic E-state index is 0.154. The highest BCUT2D eigenvalue weighted by Crippen LogP contribution is 2.27.